The van der Waals surface area contributed by atoms with Crippen LogP contribution in [0.3, 0.4) is 0 Å². The van der Waals surface area contributed by atoms with Crippen LogP contribution in [0.25, 0.3) is 6.08 Å². The molecule has 2 heterocycles. The van der Waals surface area contributed by atoms with Crippen molar-refractivity contribution in [2.24, 2.45) is 10.1 Å². The number of nitrogens with one attached hydrogen (secondary N) is 1. The van der Waals surface area contributed by atoms with Gasteiger partial charge in [0.2, 0.25) is 19.4 Å². The normalized spacial score (nSPS) is 16.8. The Bertz CT molecular complexity index is 1390. The van der Waals surface area contributed by atoms with Crippen LogP contribution in [0.2, 0.25) is 0 Å². The highest BCUT2D eigenvalue weighted by molar-refractivity contribution is 8.42. The van der Waals surface area contributed by atoms with Gasteiger partial charge in [-0.15, -0.1) is 5.10 Å². The number of aliphatic imine (C=N–C) groups is 1. The molecule has 2 aromatic carbocycles. The highest BCUT2D eigenvalue weighted by Crippen LogP contribution is 2.33. The fourth-order valence-electron chi connectivity index (χ4n) is 3.13. The SMILES string of the molecule is CCOc1cc(/C=C2\C(=N)N3N=C(S(=O)(=O)CC)SC3=NC2=O)ccc1OCc1ccc(F)cc1. The number of fused-ring (bicyclic) bond motifs is 1. The van der Waals surface area contributed by atoms with Gasteiger partial charge < -0.3 is 9.47 Å². The molecule has 0 unspecified atom stereocenters. The summed E-state index contributed by atoms with van der Waals surface area (Å²) in [6, 6.07) is 11.0. The second-order valence-corrected chi connectivity index (χ2v) is 10.8. The average molecular weight is 517 g/mol. The molecule has 2 aliphatic rings. The van der Waals surface area contributed by atoms with Crippen LogP contribution in [-0.2, 0) is 21.2 Å². The van der Waals surface area contributed by atoms with Crippen molar-refractivity contribution in [3.05, 3.63) is 65.0 Å². The number of benzene rings is 2. The van der Waals surface area contributed by atoms with Gasteiger partial charge in [0.15, 0.2) is 17.3 Å². The van der Waals surface area contributed by atoms with E-state index in [4.69, 9.17) is 14.9 Å². The van der Waals surface area contributed by atoms with Crippen LogP contribution in [0.4, 0.5) is 4.39 Å². The predicted octanol–water partition coefficient (Wildman–Crippen LogP) is 3.81. The van der Waals surface area contributed by atoms with Gasteiger partial charge in [0.1, 0.15) is 12.4 Å². The Morgan fingerprint density at radius 1 is 1.11 bits per heavy atom. The number of ether oxygens (including phenoxy) is 2. The zero-order chi connectivity index (χ0) is 25.2. The number of nitrogens with zero attached hydrogens (tertiary/aromatic N) is 3. The Morgan fingerprint density at radius 3 is 2.54 bits per heavy atom. The van der Waals surface area contributed by atoms with Crippen LogP contribution in [0.1, 0.15) is 25.0 Å². The number of hydrogen-bond acceptors (Lipinski definition) is 8. The number of amidine groups is 2. The van der Waals surface area contributed by atoms with E-state index in [2.05, 4.69) is 10.1 Å². The highest BCUT2D eigenvalue weighted by Gasteiger charge is 2.39. The molecule has 0 radical (unpaired) electrons. The van der Waals surface area contributed by atoms with Crippen molar-refractivity contribution in [3.8, 4) is 11.5 Å². The molecular weight excluding hydrogens is 495 g/mol. The van der Waals surface area contributed by atoms with Crippen molar-refractivity contribution in [3.63, 3.8) is 0 Å². The lowest BCUT2D eigenvalue weighted by Crippen LogP contribution is -2.35. The summed E-state index contributed by atoms with van der Waals surface area (Å²) < 4.78 is 48.7. The summed E-state index contributed by atoms with van der Waals surface area (Å²) in [5, 5.41) is 13.5. The molecule has 2 aromatic rings. The fourth-order valence-corrected chi connectivity index (χ4v) is 5.30. The van der Waals surface area contributed by atoms with Crippen molar-refractivity contribution in [1.82, 2.24) is 5.01 Å². The molecule has 1 N–H and O–H groups in total. The zero-order valence-corrected chi connectivity index (χ0v) is 20.5. The number of sulfone groups is 1. The first kappa shape index (κ1) is 24.6. The average Bonchev–Trinajstić information content (AvgIpc) is 3.27. The van der Waals surface area contributed by atoms with Gasteiger partial charge in [-0.25, -0.2) is 12.8 Å². The minimum absolute atomic E-state index is 0.0312. The Morgan fingerprint density at radius 2 is 1.86 bits per heavy atom. The van der Waals surface area contributed by atoms with Gasteiger partial charge in [-0.05, 0) is 60.2 Å². The molecule has 182 valence electrons. The first-order valence-electron chi connectivity index (χ1n) is 10.6. The lowest BCUT2D eigenvalue weighted by Gasteiger charge is -2.20. The molecule has 4 rings (SSSR count). The monoisotopic (exact) mass is 516 g/mol. The third-order valence-electron chi connectivity index (χ3n) is 4.97. The Labute approximate surface area is 205 Å². The van der Waals surface area contributed by atoms with E-state index in [0.717, 1.165) is 22.3 Å². The van der Waals surface area contributed by atoms with Crippen molar-refractivity contribution < 1.29 is 27.1 Å². The largest absolute Gasteiger partial charge is 0.490 e. The summed E-state index contributed by atoms with van der Waals surface area (Å²) in [7, 11) is -3.60. The van der Waals surface area contributed by atoms with Crippen LogP contribution in [0.15, 0.2) is 58.1 Å². The molecule has 0 atom stereocenters. The molecule has 0 saturated heterocycles. The molecule has 0 saturated carbocycles. The Hall–Kier alpha value is -3.51. The fraction of sp³-hybridized carbons (Fsp3) is 0.217. The van der Waals surface area contributed by atoms with Gasteiger partial charge in [-0.2, -0.15) is 10.0 Å². The topological polar surface area (TPSA) is 121 Å². The zero-order valence-electron chi connectivity index (χ0n) is 18.8. The van der Waals surface area contributed by atoms with Gasteiger partial charge in [0, 0.05) is 0 Å². The van der Waals surface area contributed by atoms with Crippen molar-refractivity contribution >= 4 is 49.0 Å². The molecule has 12 heteroatoms. The van der Waals surface area contributed by atoms with E-state index in [1.807, 2.05) is 6.92 Å². The molecule has 0 aromatic heterocycles. The number of rotatable bonds is 7. The van der Waals surface area contributed by atoms with Crippen LogP contribution < -0.4 is 9.47 Å². The van der Waals surface area contributed by atoms with Crippen LogP contribution >= 0.6 is 11.8 Å². The Kier molecular flexibility index (Phi) is 7.03. The standard InChI is InChI=1S/C23H21FN4O5S2/c1-3-32-19-12-15(7-10-18(19)33-13-14-5-8-16(24)9-6-14)11-17-20(25)28-22(26-21(17)29)34-23(27-28)35(30,31)4-2/h5-12,25H,3-4,13H2,1-2H3/b17-11+,25-20?. The Balaban J connectivity index is 1.59. The number of hydrazone groups is 1. The van der Waals surface area contributed by atoms with E-state index in [-0.39, 0.29) is 39.1 Å². The van der Waals surface area contributed by atoms with Gasteiger partial charge in [0.05, 0.1) is 17.9 Å². The third-order valence-corrected chi connectivity index (χ3v) is 8.06. The first-order chi connectivity index (χ1) is 16.7. The molecule has 35 heavy (non-hydrogen) atoms. The quantitative estimate of drug-likeness (QED) is 0.555. The lowest BCUT2D eigenvalue weighted by molar-refractivity contribution is -0.114. The second kappa shape index (κ2) is 10.0. The smallest absolute Gasteiger partial charge is 0.283 e. The van der Waals surface area contributed by atoms with Crippen LogP contribution in [0, 0.1) is 11.2 Å². The number of amides is 1. The summed E-state index contributed by atoms with van der Waals surface area (Å²) in [5.41, 5.74) is 1.28. The molecule has 0 aliphatic carbocycles. The maximum atomic E-state index is 13.1. The minimum Gasteiger partial charge on any atom is -0.490 e. The number of carbonyl (C=O) groups is 1. The van der Waals surface area contributed by atoms with E-state index < -0.39 is 15.7 Å². The van der Waals surface area contributed by atoms with Crippen molar-refractivity contribution in [2.45, 2.75) is 20.5 Å². The van der Waals surface area contributed by atoms with Crippen LogP contribution in [0.5, 0.6) is 11.5 Å². The summed E-state index contributed by atoms with van der Waals surface area (Å²) in [5.74, 6) is -0.550. The first-order valence-corrected chi connectivity index (χ1v) is 13.1. The minimum atomic E-state index is -3.60. The predicted molar refractivity (Wildman–Crippen MR) is 133 cm³/mol. The number of hydrogen-bond donors (Lipinski definition) is 1. The van der Waals surface area contributed by atoms with E-state index in [9.17, 15) is 17.6 Å². The summed E-state index contributed by atoms with van der Waals surface area (Å²) >= 11 is 0.749. The second-order valence-electron chi connectivity index (χ2n) is 7.34. The van der Waals surface area contributed by atoms with E-state index in [1.165, 1.54) is 25.1 Å². The molecule has 9 nitrogen and oxygen atoms in total. The van der Waals surface area contributed by atoms with Crippen molar-refractivity contribution in [2.75, 3.05) is 12.4 Å². The lowest BCUT2D eigenvalue weighted by atomic mass is 10.1. The van der Waals surface area contributed by atoms with Gasteiger partial charge in [0.25, 0.3) is 5.91 Å². The molecule has 0 bridgehead atoms. The van der Waals surface area contributed by atoms with Gasteiger partial charge >= 0.3 is 0 Å². The molecular formula is C23H21FN4O5S2. The van der Waals surface area contributed by atoms with E-state index >= 15 is 0 Å². The molecule has 2 aliphatic heterocycles. The van der Waals surface area contributed by atoms with E-state index in [1.54, 1.807) is 30.3 Å². The summed E-state index contributed by atoms with van der Waals surface area (Å²) in [6.45, 7) is 3.87. The molecule has 0 fully saturated rings. The number of halogens is 1. The summed E-state index contributed by atoms with van der Waals surface area (Å²) in [6.07, 6.45) is 1.46. The third kappa shape index (κ3) is 5.28. The van der Waals surface area contributed by atoms with Gasteiger partial charge in [-0.1, -0.05) is 25.1 Å². The number of thioether (sulfide) groups is 1. The van der Waals surface area contributed by atoms with Crippen molar-refractivity contribution in [1.29, 1.82) is 5.41 Å². The van der Waals surface area contributed by atoms with Crippen LogP contribution in [-0.4, -0.2) is 47.1 Å². The van der Waals surface area contributed by atoms with E-state index in [0.29, 0.717) is 23.7 Å². The molecule has 0 spiro atoms. The molecule has 1 amide bonds. The summed E-state index contributed by atoms with van der Waals surface area (Å²) in [4.78, 5) is 16.5. The van der Waals surface area contributed by atoms with Gasteiger partial charge in [-0.3, -0.25) is 10.2 Å². The maximum Gasteiger partial charge on any atom is 0.283 e. The number of carbonyl (C=O) groups excluding carboxylic acids is 1. The maximum absolute atomic E-state index is 13.1. The highest BCUT2D eigenvalue weighted by atomic mass is 32.3.